The Morgan fingerprint density at radius 3 is 2.50 bits per heavy atom. The van der Waals surface area contributed by atoms with Crippen LogP contribution in [0.3, 0.4) is 0 Å². The average Bonchev–Trinajstić information content (AvgIpc) is 2.68. The van der Waals surface area contributed by atoms with Crippen molar-refractivity contribution in [3.05, 3.63) is 78.2 Å². The molecule has 4 rings (SSSR count). The molecule has 3 N–H and O–H groups in total. The van der Waals surface area contributed by atoms with Crippen molar-refractivity contribution in [2.24, 2.45) is 5.73 Å². The van der Waals surface area contributed by atoms with Gasteiger partial charge in [0.2, 0.25) is 0 Å². The second kappa shape index (κ2) is 7.98. The molecular formula is C20H15ClFN5O. The normalized spacial score (nSPS) is 10.3. The third kappa shape index (κ3) is 3.60. The number of amides is 1. The van der Waals surface area contributed by atoms with Crippen LogP contribution in [-0.4, -0.2) is 20.9 Å². The summed E-state index contributed by atoms with van der Waals surface area (Å²) in [4.78, 5) is 25.0. The number of hydrogen-bond acceptors (Lipinski definition) is 5. The summed E-state index contributed by atoms with van der Waals surface area (Å²) in [5.41, 5.74) is 6.64. The molecule has 4 aromatic rings. The Bertz CT molecular complexity index is 1150. The number of pyridine rings is 1. The van der Waals surface area contributed by atoms with Crippen molar-refractivity contribution in [3.63, 3.8) is 0 Å². The summed E-state index contributed by atoms with van der Waals surface area (Å²) in [6.07, 6.45) is 1.65. The fraction of sp³-hybridized carbons (Fsp3) is 0. The van der Waals surface area contributed by atoms with Crippen LogP contribution in [0.25, 0.3) is 22.4 Å². The molecule has 0 spiro atoms. The molecule has 1 amide bonds. The second-order valence-corrected chi connectivity index (χ2v) is 5.78. The number of anilines is 2. The summed E-state index contributed by atoms with van der Waals surface area (Å²) < 4.78 is 14.1. The molecule has 0 atom stereocenters. The van der Waals surface area contributed by atoms with Gasteiger partial charge in [-0.15, -0.1) is 12.4 Å². The van der Waals surface area contributed by atoms with Gasteiger partial charge in [-0.3, -0.25) is 9.78 Å². The average molecular weight is 396 g/mol. The first kappa shape index (κ1) is 19.2. The highest BCUT2D eigenvalue weighted by Gasteiger charge is 2.16. The van der Waals surface area contributed by atoms with E-state index in [1.54, 1.807) is 24.4 Å². The quantitative estimate of drug-likeness (QED) is 0.542. The van der Waals surface area contributed by atoms with Gasteiger partial charge >= 0.3 is 0 Å². The molecule has 0 bridgehead atoms. The molecule has 0 fully saturated rings. The highest BCUT2D eigenvalue weighted by atomic mass is 35.5. The zero-order valence-electron chi connectivity index (χ0n) is 14.5. The van der Waals surface area contributed by atoms with E-state index in [2.05, 4.69) is 20.3 Å². The van der Waals surface area contributed by atoms with Crippen molar-refractivity contribution in [3.8, 4) is 11.5 Å². The van der Waals surface area contributed by atoms with Crippen LogP contribution in [0.4, 0.5) is 15.9 Å². The maximum atomic E-state index is 14.1. The van der Waals surface area contributed by atoms with Crippen LogP contribution in [0.2, 0.25) is 0 Å². The number of aromatic nitrogens is 3. The first-order chi connectivity index (χ1) is 13.1. The van der Waals surface area contributed by atoms with E-state index in [1.165, 1.54) is 12.1 Å². The molecule has 0 aliphatic rings. The fourth-order valence-corrected chi connectivity index (χ4v) is 2.79. The number of primary amides is 1. The predicted octanol–water partition coefficient (Wildman–Crippen LogP) is 4.10. The van der Waals surface area contributed by atoms with E-state index in [9.17, 15) is 9.18 Å². The van der Waals surface area contributed by atoms with Crippen molar-refractivity contribution >= 4 is 40.7 Å². The highest BCUT2D eigenvalue weighted by Crippen LogP contribution is 2.28. The molecule has 0 aliphatic carbocycles. The van der Waals surface area contributed by atoms with Gasteiger partial charge in [0.15, 0.2) is 5.82 Å². The molecule has 0 unspecified atom stereocenters. The third-order valence-electron chi connectivity index (χ3n) is 4.01. The van der Waals surface area contributed by atoms with Gasteiger partial charge in [0.05, 0.1) is 16.8 Å². The Hall–Kier alpha value is -3.58. The lowest BCUT2D eigenvalue weighted by atomic mass is 10.1. The lowest BCUT2D eigenvalue weighted by Gasteiger charge is -2.13. The molecule has 8 heteroatoms. The molecule has 6 nitrogen and oxygen atoms in total. The van der Waals surface area contributed by atoms with Gasteiger partial charge in [-0.2, -0.15) is 0 Å². The Balaban J connectivity index is 0.00000225. The SMILES string of the molecule is Cl.NC(=O)c1c(F)cccc1Nc1nc(-c2ccccn2)nc2ccccc12. The van der Waals surface area contributed by atoms with E-state index >= 15 is 0 Å². The highest BCUT2D eigenvalue weighted by molar-refractivity contribution is 6.01. The number of nitrogens with two attached hydrogens (primary N) is 1. The third-order valence-corrected chi connectivity index (χ3v) is 4.01. The maximum Gasteiger partial charge on any atom is 0.253 e. The van der Waals surface area contributed by atoms with Crippen molar-refractivity contribution < 1.29 is 9.18 Å². The largest absolute Gasteiger partial charge is 0.365 e. The van der Waals surface area contributed by atoms with Gasteiger partial charge in [-0.1, -0.05) is 24.3 Å². The Morgan fingerprint density at radius 1 is 0.964 bits per heavy atom. The standard InChI is InChI=1S/C20H14FN5O.ClH/c21-13-7-5-10-15(17(13)18(22)27)25-19-12-6-1-2-8-14(12)24-20(26-19)16-9-3-4-11-23-16;/h1-11H,(H2,22,27)(H,24,25,26);1H. The lowest BCUT2D eigenvalue weighted by Crippen LogP contribution is -2.15. The summed E-state index contributed by atoms with van der Waals surface area (Å²) in [6, 6.07) is 17.1. The number of carbonyl (C=O) groups excluding carboxylic acids is 1. The van der Waals surface area contributed by atoms with Gasteiger partial charge < -0.3 is 11.1 Å². The van der Waals surface area contributed by atoms with Gasteiger partial charge in [0.25, 0.3) is 5.91 Å². The summed E-state index contributed by atoms with van der Waals surface area (Å²) >= 11 is 0. The number of rotatable bonds is 4. The Kier molecular flexibility index (Phi) is 5.47. The monoisotopic (exact) mass is 395 g/mol. The van der Waals surface area contributed by atoms with E-state index in [4.69, 9.17) is 5.73 Å². The molecule has 0 saturated carbocycles. The van der Waals surface area contributed by atoms with Crippen LogP contribution in [0.5, 0.6) is 0 Å². The minimum atomic E-state index is -0.862. The fourth-order valence-electron chi connectivity index (χ4n) is 2.79. The van der Waals surface area contributed by atoms with E-state index in [-0.39, 0.29) is 23.7 Å². The molecule has 0 radical (unpaired) electrons. The van der Waals surface area contributed by atoms with Crippen molar-refractivity contribution in [2.75, 3.05) is 5.32 Å². The molecule has 2 aromatic heterocycles. The number of halogens is 2. The van der Waals surface area contributed by atoms with E-state index in [1.807, 2.05) is 30.3 Å². The van der Waals surface area contributed by atoms with Crippen LogP contribution in [0.1, 0.15) is 10.4 Å². The number of nitrogens with one attached hydrogen (secondary N) is 1. The maximum absolute atomic E-state index is 14.1. The summed E-state index contributed by atoms with van der Waals surface area (Å²) in [7, 11) is 0. The predicted molar refractivity (Wildman–Crippen MR) is 108 cm³/mol. The molecule has 2 aromatic carbocycles. The lowest BCUT2D eigenvalue weighted by molar-refractivity contribution is 0.0997. The summed E-state index contributed by atoms with van der Waals surface area (Å²) in [6.45, 7) is 0. The van der Waals surface area contributed by atoms with Crippen LogP contribution in [-0.2, 0) is 0 Å². The van der Waals surface area contributed by atoms with Gasteiger partial charge in [-0.05, 0) is 36.4 Å². The number of nitrogens with zero attached hydrogens (tertiary/aromatic N) is 3. The molecule has 0 aliphatic heterocycles. The number of carbonyl (C=O) groups is 1. The minimum Gasteiger partial charge on any atom is -0.365 e. The van der Waals surface area contributed by atoms with Gasteiger partial charge in [-0.25, -0.2) is 14.4 Å². The number of fused-ring (bicyclic) bond motifs is 1. The zero-order chi connectivity index (χ0) is 18.8. The van der Waals surface area contributed by atoms with Crippen molar-refractivity contribution in [1.82, 2.24) is 15.0 Å². The van der Waals surface area contributed by atoms with Gasteiger partial charge in [0, 0.05) is 11.6 Å². The van der Waals surface area contributed by atoms with Crippen LogP contribution >= 0.6 is 12.4 Å². The first-order valence-corrected chi connectivity index (χ1v) is 8.17. The van der Waals surface area contributed by atoms with Crippen LogP contribution in [0.15, 0.2) is 66.9 Å². The number of hydrogen-bond donors (Lipinski definition) is 2. The molecule has 2 heterocycles. The topological polar surface area (TPSA) is 93.8 Å². The van der Waals surface area contributed by atoms with E-state index in [0.29, 0.717) is 22.9 Å². The number of benzene rings is 2. The Morgan fingerprint density at radius 2 is 1.75 bits per heavy atom. The molecule has 0 saturated heterocycles. The summed E-state index contributed by atoms with van der Waals surface area (Å²) in [5, 5.41) is 3.75. The van der Waals surface area contributed by atoms with Gasteiger partial charge in [0.1, 0.15) is 17.3 Å². The summed E-state index contributed by atoms with van der Waals surface area (Å²) in [5.74, 6) is -0.724. The van der Waals surface area contributed by atoms with E-state index in [0.717, 1.165) is 5.39 Å². The van der Waals surface area contributed by atoms with Crippen molar-refractivity contribution in [2.45, 2.75) is 0 Å². The zero-order valence-corrected chi connectivity index (χ0v) is 15.3. The second-order valence-electron chi connectivity index (χ2n) is 5.78. The first-order valence-electron chi connectivity index (χ1n) is 8.17. The Labute approximate surface area is 166 Å². The smallest absolute Gasteiger partial charge is 0.253 e. The van der Waals surface area contributed by atoms with Crippen molar-refractivity contribution in [1.29, 1.82) is 0 Å². The molecule has 28 heavy (non-hydrogen) atoms. The van der Waals surface area contributed by atoms with E-state index < -0.39 is 11.7 Å². The number of para-hydroxylation sites is 1. The minimum absolute atomic E-state index is 0. The molecular weight excluding hydrogens is 381 g/mol. The van der Waals surface area contributed by atoms with Crippen LogP contribution < -0.4 is 11.1 Å². The van der Waals surface area contributed by atoms with Crippen LogP contribution in [0, 0.1) is 5.82 Å². The molecule has 140 valence electrons.